The van der Waals surface area contributed by atoms with Crippen molar-refractivity contribution in [3.63, 3.8) is 0 Å². The lowest BCUT2D eigenvalue weighted by Gasteiger charge is -2.28. The van der Waals surface area contributed by atoms with Crippen LogP contribution in [0.4, 0.5) is 5.69 Å². The number of hydrogen-bond acceptors (Lipinski definition) is 2. The molecule has 1 saturated heterocycles. The highest BCUT2D eigenvalue weighted by molar-refractivity contribution is 5.48. The van der Waals surface area contributed by atoms with Crippen molar-refractivity contribution in [2.24, 2.45) is 11.1 Å². The molecule has 1 aromatic carbocycles. The van der Waals surface area contributed by atoms with E-state index in [1.807, 2.05) is 0 Å². The standard InChI is InChI=1S/C15H24N2/c1-15(2,3)14(16)12-6-8-13(9-7-12)17-10-4-5-11-17/h6-9,14H,4-5,10-11,16H2,1-3H3/t14-/m0/s1. The Bertz CT molecular complexity index is 356. The van der Waals surface area contributed by atoms with Crippen LogP contribution in [0.3, 0.4) is 0 Å². The zero-order chi connectivity index (χ0) is 12.5. The Morgan fingerprint density at radius 3 is 2.06 bits per heavy atom. The van der Waals surface area contributed by atoms with Gasteiger partial charge in [-0.2, -0.15) is 0 Å². The Morgan fingerprint density at radius 1 is 1.06 bits per heavy atom. The van der Waals surface area contributed by atoms with Gasteiger partial charge >= 0.3 is 0 Å². The Labute approximate surface area is 105 Å². The molecule has 94 valence electrons. The molecule has 0 bridgehead atoms. The third-order valence-electron chi connectivity index (χ3n) is 3.66. The van der Waals surface area contributed by atoms with E-state index in [4.69, 9.17) is 5.73 Å². The van der Waals surface area contributed by atoms with E-state index in [1.165, 1.54) is 37.2 Å². The summed E-state index contributed by atoms with van der Waals surface area (Å²) in [5.74, 6) is 0. The summed E-state index contributed by atoms with van der Waals surface area (Å²) in [6.45, 7) is 8.96. The predicted molar refractivity (Wildman–Crippen MR) is 74.3 cm³/mol. The van der Waals surface area contributed by atoms with Gasteiger partial charge in [-0.15, -0.1) is 0 Å². The van der Waals surface area contributed by atoms with Crippen molar-refractivity contribution in [2.75, 3.05) is 18.0 Å². The minimum absolute atomic E-state index is 0.107. The van der Waals surface area contributed by atoms with Gasteiger partial charge in [-0.05, 0) is 36.0 Å². The van der Waals surface area contributed by atoms with Crippen molar-refractivity contribution in [2.45, 2.75) is 39.7 Å². The van der Waals surface area contributed by atoms with Crippen LogP contribution in [-0.4, -0.2) is 13.1 Å². The SMILES string of the molecule is CC(C)(C)[C@@H](N)c1ccc(N2CCCC2)cc1. The number of benzene rings is 1. The first kappa shape index (κ1) is 12.4. The van der Waals surface area contributed by atoms with E-state index in [-0.39, 0.29) is 11.5 Å². The van der Waals surface area contributed by atoms with Crippen LogP contribution in [0, 0.1) is 5.41 Å². The van der Waals surface area contributed by atoms with Gasteiger partial charge < -0.3 is 10.6 Å². The average Bonchev–Trinajstić information content (AvgIpc) is 2.80. The van der Waals surface area contributed by atoms with Crippen LogP contribution in [0.15, 0.2) is 24.3 Å². The second-order valence-corrected chi connectivity index (χ2v) is 6.13. The Kier molecular flexibility index (Phi) is 3.43. The fraction of sp³-hybridized carbons (Fsp3) is 0.600. The molecule has 0 spiro atoms. The summed E-state index contributed by atoms with van der Waals surface area (Å²) in [6, 6.07) is 8.90. The van der Waals surface area contributed by atoms with Crippen molar-refractivity contribution in [3.8, 4) is 0 Å². The highest BCUT2D eigenvalue weighted by Crippen LogP contribution is 2.31. The Hall–Kier alpha value is -1.02. The van der Waals surface area contributed by atoms with Crippen LogP contribution in [0.25, 0.3) is 0 Å². The first-order valence-corrected chi connectivity index (χ1v) is 6.59. The molecule has 0 saturated carbocycles. The molecule has 17 heavy (non-hydrogen) atoms. The normalized spacial score (nSPS) is 18.5. The Morgan fingerprint density at radius 2 is 1.59 bits per heavy atom. The lowest BCUT2D eigenvalue weighted by Crippen LogP contribution is -2.26. The van der Waals surface area contributed by atoms with E-state index >= 15 is 0 Å². The van der Waals surface area contributed by atoms with Crippen molar-refractivity contribution in [1.29, 1.82) is 0 Å². The predicted octanol–water partition coefficient (Wildman–Crippen LogP) is 3.33. The minimum Gasteiger partial charge on any atom is -0.372 e. The molecule has 0 unspecified atom stereocenters. The van der Waals surface area contributed by atoms with Gasteiger partial charge in [0.1, 0.15) is 0 Å². The van der Waals surface area contributed by atoms with Crippen LogP contribution in [0.2, 0.25) is 0 Å². The molecule has 0 amide bonds. The summed E-state index contributed by atoms with van der Waals surface area (Å²) in [5.41, 5.74) is 8.96. The molecule has 0 aliphatic carbocycles. The minimum atomic E-state index is 0.107. The topological polar surface area (TPSA) is 29.3 Å². The molecule has 1 atom stereocenters. The van der Waals surface area contributed by atoms with E-state index in [2.05, 4.69) is 49.9 Å². The monoisotopic (exact) mass is 232 g/mol. The van der Waals surface area contributed by atoms with Gasteiger partial charge in [-0.3, -0.25) is 0 Å². The van der Waals surface area contributed by atoms with Gasteiger partial charge in [0, 0.05) is 24.8 Å². The third kappa shape index (κ3) is 2.81. The van der Waals surface area contributed by atoms with Crippen molar-refractivity contribution in [1.82, 2.24) is 0 Å². The maximum atomic E-state index is 6.26. The van der Waals surface area contributed by atoms with E-state index in [0.29, 0.717) is 0 Å². The van der Waals surface area contributed by atoms with Gasteiger partial charge in [0.15, 0.2) is 0 Å². The lowest BCUT2D eigenvalue weighted by molar-refractivity contribution is 0.327. The van der Waals surface area contributed by atoms with Gasteiger partial charge in [-0.1, -0.05) is 32.9 Å². The van der Waals surface area contributed by atoms with E-state index in [9.17, 15) is 0 Å². The highest BCUT2D eigenvalue weighted by atomic mass is 15.1. The Balaban J connectivity index is 2.12. The van der Waals surface area contributed by atoms with Gasteiger partial charge in [0.25, 0.3) is 0 Å². The smallest absolute Gasteiger partial charge is 0.0366 e. The molecule has 0 radical (unpaired) electrons. The zero-order valence-corrected chi connectivity index (χ0v) is 11.2. The largest absolute Gasteiger partial charge is 0.372 e. The van der Waals surface area contributed by atoms with Gasteiger partial charge in [0.05, 0.1) is 0 Å². The first-order chi connectivity index (χ1) is 7.98. The van der Waals surface area contributed by atoms with Crippen molar-refractivity contribution < 1.29 is 0 Å². The lowest BCUT2D eigenvalue weighted by atomic mass is 9.83. The molecule has 2 N–H and O–H groups in total. The zero-order valence-electron chi connectivity index (χ0n) is 11.2. The van der Waals surface area contributed by atoms with Crippen LogP contribution < -0.4 is 10.6 Å². The number of rotatable bonds is 2. The molecule has 1 aliphatic rings. The fourth-order valence-corrected chi connectivity index (χ4v) is 2.37. The summed E-state index contributed by atoms with van der Waals surface area (Å²) in [5, 5.41) is 0. The number of nitrogens with zero attached hydrogens (tertiary/aromatic N) is 1. The summed E-state index contributed by atoms with van der Waals surface area (Å²) >= 11 is 0. The maximum absolute atomic E-state index is 6.26. The highest BCUT2D eigenvalue weighted by Gasteiger charge is 2.22. The third-order valence-corrected chi connectivity index (χ3v) is 3.66. The maximum Gasteiger partial charge on any atom is 0.0366 e. The van der Waals surface area contributed by atoms with E-state index in [1.54, 1.807) is 0 Å². The van der Waals surface area contributed by atoms with Crippen molar-refractivity contribution in [3.05, 3.63) is 29.8 Å². The number of nitrogens with two attached hydrogens (primary N) is 1. The summed E-state index contributed by atoms with van der Waals surface area (Å²) in [6.07, 6.45) is 2.65. The first-order valence-electron chi connectivity index (χ1n) is 6.59. The second kappa shape index (κ2) is 4.69. The quantitative estimate of drug-likeness (QED) is 0.847. The number of hydrogen-bond donors (Lipinski definition) is 1. The van der Waals surface area contributed by atoms with Gasteiger partial charge in [0.2, 0.25) is 0 Å². The molecule has 2 heteroatoms. The van der Waals surface area contributed by atoms with Gasteiger partial charge in [-0.25, -0.2) is 0 Å². The molecule has 1 heterocycles. The molecule has 1 fully saturated rings. The van der Waals surface area contributed by atoms with Crippen LogP contribution in [-0.2, 0) is 0 Å². The van der Waals surface area contributed by atoms with Crippen LogP contribution in [0.5, 0.6) is 0 Å². The summed E-state index contributed by atoms with van der Waals surface area (Å²) in [7, 11) is 0. The summed E-state index contributed by atoms with van der Waals surface area (Å²) < 4.78 is 0. The molecular weight excluding hydrogens is 208 g/mol. The molecule has 2 rings (SSSR count). The summed E-state index contributed by atoms with van der Waals surface area (Å²) in [4.78, 5) is 2.45. The molecule has 2 nitrogen and oxygen atoms in total. The average molecular weight is 232 g/mol. The number of anilines is 1. The van der Waals surface area contributed by atoms with Crippen LogP contribution in [0.1, 0.15) is 45.2 Å². The van der Waals surface area contributed by atoms with E-state index in [0.717, 1.165) is 0 Å². The molecule has 1 aromatic rings. The molecule has 0 aromatic heterocycles. The fourth-order valence-electron chi connectivity index (χ4n) is 2.37. The van der Waals surface area contributed by atoms with Crippen LogP contribution >= 0.6 is 0 Å². The molecular formula is C15H24N2. The van der Waals surface area contributed by atoms with E-state index < -0.39 is 0 Å². The molecule has 1 aliphatic heterocycles. The van der Waals surface area contributed by atoms with Crippen molar-refractivity contribution >= 4 is 5.69 Å². The second-order valence-electron chi connectivity index (χ2n) is 6.13.